The van der Waals surface area contributed by atoms with Gasteiger partial charge < -0.3 is 14.8 Å². The first-order chi connectivity index (χ1) is 11.3. The molecule has 2 rings (SSSR count). The molecule has 0 unspecified atom stereocenters. The molecule has 0 aliphatic carbocycles. The lowest BCUT2D eigenvalue weighted by atomic mass is 9.94. The maximum absolute atomic E-state index is 12.6. The summed E-state index contributed by atoms with van der Waals surface area (Å²) < 4.78 is 5.23. The zero-order chi connectivity index (χ0) is 17.7. The number of nitrogens with one attached hydrogen (secondary N) is 1. The zero-order valence-electron chi connectivity index (χ0n) is 14.3. The van der Waals surface area contributed by atoms with E-state index in [4.69, 9.17) is 9.52 Å². The largest absolute Gasteiger partial charge is 0.481 e. The molecule has 1 aromatic carbocycles. The van der Waals surface area contributed by atoms with E-state index < -0.39 is 11.5 Å². The van der Waals surface area contributed by atoms with Crippen LogP contribution in [0.1, 0.15) is 47.5 Å². The average Bonchev–Trinajstić information content (AvgIpc) is 2.86. The van der Waals surface area contributed by atoms with E-state index in [0.29, 0.717) is 11.1 Å². The summed E-state index contributed by atoms with van der Waals surface area (Å²) in [5.74, 6) is -1.13. The predicted octanol–water partition coefficient (Wildman–Crippen LogP) is 3.36. The molecule has 0 atom stereocenters. The second-order valence-corrected chi connectivity index (χ2v) is 6.61. The number of aliphatic carboxylic acids is 1. The first kappa shape index (κ1) is 17.8. The Morgan fingerprint density at radius 2 is 1.88 bits per heavy atom. The van der Waals surface area contributed by atoms with Gasteiger partial charge in [-0.05, 0) is 39.2 Å². The van der Waals surface area contributed by atoms with Crippen molar-refractivity contribution in [2.45, 2.75) is 45.6 Å². The van der Waals surface area contributed by atoms with Gasteiger partial charge in [0, 0.05) is 11.1 Å². The Morgan fingerprint density at radius 3 is 2.50 bits per heavy atom. The molecule has 1 aromatic heterocycles. The second kappa shape index (κ2) is 7.34. The van der Waals surface area contributed by atoms with Crippen LogP contribution in [0.3, 0.4) is 0 Å². The van der Waals surface area contributed by atoms with Crippen LogP contribution in [-0.4, -0.2) is 22.5 Å². The Kier molecular flexibility index (Phi) is 5.44. The van der Waals surface area contributed by atoms with Crippen molar-refractivity contribution in [3.05, 3.63) is 59.0 Å². The zero-order valence-corrected chi connectivity index (χ0v) is 14.3. The lowest BCUT2D eigenvalue weighted by molar-refractivity contribution is -0.136. The number of hydrogen-bond donors (Lipinski definition) is 2. The van der Waals surface area contributed by atoms with Gasteiger partial charge in [0.2, 0.25) is 0 Å². The van der Waals surface area contributed by atoms with Crippen LogP contribution >= 0.6 is 0 Å². The molecule has 24 heavy (non-hydrogen) atoms. The molecule has 0 saturated heterocycles. The first-order valence-corrected chi connectivity index (χ1v) is 7.94. The molecule has 0 radical (unpaired) electrons. The number of carbonyl (C=O) groups is 2. The minimum absolute atomic E-state index is 0.191. The topological polar surface area (TPSA) is 79.5 Å². The van der Waals surface area contributed by atoms with Crippen LogP contribution in [0, 0.1) is 6.92 Å². The van der Waals surface area contributed by atoms with Crippen LogP contribution in [0.2, 0.25) is 0 Å². The number of carboxylic acids is 1. The highest BCUT2D eigenvalue weighted by atomic mass is 16.4. The van der Waals surface area contributed by atoms with Crippen LogP contribution < -0.4 is 5.32 Å². The van der Waals surface area contributed by atoms with E-state index in [2.05, 4.69) is 17.4 Å². The molecule has 0 saturated carbocycles. The van der Waals surface area contributed by atoms with Crippen molar-refractivity contribution in [2.24, 2.45) is 0 Å². The van der Waals surface area contributed by atoms with Crippen molar-refractivity contribution in [3.63, 3.8) is 0 Å². The molecule has 1 heterocycles. The van der Waals surface area contributed by atoms with Crippen molar-refractivity contribution >= 4 is 11.9 Å². The molecule has 1 amide bonds. The van der Waals surface area contributed by atoms with Crippen molar-refractivity contribution in [3.8, 4) is 0 Å². The van der Waals surface area contributed by atoms with Gasteiger partial charge in [-0.3, -0.25) is 9.59 Å². The van der Waals surface area contributed by atoms with Gasteiger partial charge in [-0.15, -0.1) is 0 Å². The number of aryl methyl sites for hydroxylation is 2. The van der Waals surface area contributed by atoms with Gasteiger partial charge >= 0.3 is 5.97 Å². The Balaban J connectivity index is 2.05. The highest BCUT2D eigenvalue weighted by Gasteiger charge is 2.26. The smallest absolute Gasteiger partial charge is 0.311 e. The van der Waals surface area contributed by atoms with Crippen LogP contribution in [0.4, 0.5) is 0 Å². The number of benzene rings is 1. The van der Waals surface area contributed by atoms with Crippen molar-refractivity contribution in [1.82, 2.24) is 5.32 Å². The number of amides is 1. The number of rotatable bonds is 7. The number of carboxylic acid groups (broad SMARTS) is 1. The maximum atomic E-state index is 12.6. The monoisotopic (exact) mass is 329 g/mol. The van der Waals surface area contributed by atoms with Gasteiger partial charge in [0.15, 0.2) is 0 Å². The summed E-state index contributed by atoms with van der Waals surface area (Å²) in [7, 11) is 0. The Hall–Kier alpha value is -2.56. The van der Waals surface area contributed by atoms with Crippen LogP contribution in [0.25, 0.3) is 0 Å². The Morgan fingerprint density at radius 1 is 1.21 bits per heavy atom. The Labute approximate surface area is 141 Å². The van der Waals surface area contributed by atoms with E-state index >= 15 is 0 Å². The van der Waals surface area contributed by atoms with Gasteiger partial charge in [0.1, 0.15) is 12.2 Å². The fourth-order valence-corrected chi connectivity index (χ4v) is 2.60. The summed E-state index contributed by atoms with van der Waals surface area (Å²) >= 11 is 0. The third kappa shape index (κ3) is 4.72. The fourth-order valence-electron chi connectivity index (χ4n) is 2.60. The van der Waals surface area contributed by atoms with Crippen molar-refractivity contribution < 1.29 is 19.1 Å². The predicted molar refractivity (Wildman–Crippen MR) is 91.1 cm³/mol. The Bertz CT molecular complexity index is 716. The highest BCUT2D eigenvalue weighted by Crippen LogP contribution is 2.20. The molecular weight excluding hydrogens is 306 g/mol. The number of hydrogen-bond acceptors (Lipinski definition) is 3. The lowest BCUT2D eigenvalue weighted by Gasteiger charge is -2.26. The van der Waals surface area contributed by atoms with E-state index in [-0.39, 0.29) is 18.1 Å². The van der Waals surface area contributed by atoms with Crippen molar-refractivity contribution in [1.29, 1.82) is 0 Å². The molecule has 0 fully saturated rings. The van der Waals surface area contributed by atoms with E-state index in [1.54, 1.807) is 6.92 Å². The summed E-state index contributed by atoms with van der Waals surface area (Å²) in [4.78, 5) is 23.5. The molecule has 2 N–H and O–H groups in total. The number of carbonyl (C=O) groups excluding carboxylic acids is 1. The average molecular weight is 329 g/mol. The van der Waals surface area contributed by atoms with Gasteiger partial charge in [-0.25, -0.2) is 0 Å². The molecule has 0 spiro atoms. The summed E-state index contributed by atoms with van der Waals surface area (Å²) in [5.41, 5.74) is 1.76. The molecule has 0 bridgehead atoms. The quantitative estimate of drug-likeness (QED) is 0.816. The lowest BCUT2D eigenvalue weighted by Crippen LogP contribution is -2.44. The molecule has 0 aliphatic rings. The maximum Gasteiger partial charge on any atom is 0.311 e. The third-order valence-electron chi connectivity index (χ3n) is 3.92. The van der Waals surface area contributed by atoms with Crippen LogP contribution in [-0.2, 0) is 17.6 Å². The molecule has 5 nitrogen and oxygen atoms in total. The molecule has 5 heteroatoms. The molecule has 0 aliphatic heterocycles. The van der Waals surface area contributed by atoms with E-state index in [1.165, 1.54) is 11.8 Å². The summed E-state index contributed by atoms with van der Waals surface area (Å²) in [6.07, 6.45) is 2.74. The third-order valence-corrected chi connectivity index (χ3v) is 3.92. The molecular formula is C19H23NO4. The van der Waals surface area contributed by atoms with Crippen molar-refractivity contribution in [2.75, 3.05) is 0 Å². The van der Waals surface area contributed by atoms with Gasteiger partial charge in [0.05, 0.1) is 11.8 Å². The van der Waals surface area contributed by atoms with Gasteiger partial charge in [-0.1, -0.05) is 30.3 Å². The SMILES string of the molecule is Cc1coc(CC(=O)O)c1C(=O)NC(C)(C)CCc1ccccc1. The molecule has 2 aromatic rings. The first-order valence-electron chi connectivity index (χ1n) is 7.94. The fraction of sp³-hybridized carbons (Fsp3) is 0.368. The summed E-state index contributed by atoms with van der Waals surface area (Å²) in [5, 5.41) is 11.9. The van der Waals surface area contributed by atoms with E-state index in [1.807, 2.05) is 32.0 Å². The van der Waals surface area contributed by atoms with Gasteiger partial charge in [0.25, 0.3) is 5.91 Å². The summed E-state index contributed by atoms with van der Waals surface area (Å²) in [6, 6.07) is 10.1. The van der Waals surface area contributed by atoms with E-state index in [9.17, 15) is 9.59 Å². The van der Waals surface area contributed by atoms with Crippen LogP contribution in [0.5, 0.6) is 0 Å². The minimum atomic E-state index is -1.03. The summed E-state index contributed by atoms with van der Waals surface area (Å²) in [6.45, 7) is 5.65. The van der Waals surface area contributed by atoms with Crippen LogP contribution in [0.15, 0.2) is 41.0 Å². The van der Waals surface area contributed by atoms with Gasteiger partial charge in [-0.2, -0.15) is 0 Å². The molecule has 128 valence electrons. The normalized spacial score (nSPS) is 11.3. The standard InChI is InChI=1S/C19H23NO4/c1-13-12-24-15(11-16(21)22)17(13)18(23)20-19(2,3)10-9-14-7-5-4-6-8-14/h4-8,12H,9-11H2,1-3H3,(H,20,23)(H,21,22). The highest BCUT2D eigenvalue weighted by molar-refractivity contribution is 5.97. The van der Waals surface area contributed by atoms with E-state index in [0.717, 1.165) is 12.8 Å². The minimum Gasteiger partial charge on any atom is -0.481 e. The second-order valence-electron chi connectivity index (χ2n) is 6.61. The number of furan rings is 1.